The van der Waals surface area contributed by atoms with Crippen molar-refractivity contribution in [1.29, 1.82) is 0 Å². The van der Waals surface area contributed by atoms with Gasteiger partial charge in [-0.3, -0.25) is 9.69 Å². The number of carbonyl (C=O) groups is 1. The van der Waals surface area contributed by atoms with Crippen molar-refractivity contribution in [3.63, 3.8) is 0 Å². The Labute approximate surface area is 309 Å². The van der Waals surface area contributed by atoms with Crippen molar-refractivity contribution in [2.24, 2.45) is 17.8 Å². The van der Waals surface area contributed by atoms with Gasteiger partial charge in [0, 0.05) is 48.7 Å². The lowest BCUT2D eigenvalue weighted by Gasteiger charge is -2.51. The second-order valence-electron chi connectivity index (χ2n) is 15.6. The second kappa shape index (κ2) is 15.0. The molecule has 2 aliphatic carbocycles. The molecule has 3 aliphatic heterocycles. The monoisotopic (exact) mass is 739 g/mol. The summed E-state index contributed by atoms with van der Waals surface area (Å²) in [6.45, 7) is 12.7. The van der Waals surface area contributed by atoms with E-state index in [-0.39, 0.29) is 11.3 Å². The highest BCUT2D eigenvalue weighted by Crippen LogP contribution is 2.50. The van der Waals surface area contributed by atoms with E-state index in [1.165, 1.54) is 11.1 Å². The van der Waals surface area contributed by atoms with Crippen LogP contribution in [-0.2, 0) is 31.3 Å². The highest BCUT2D eigenvalue weighted by molar-refractivity contribution is 7.90. The molecule has 11 heteroatoms. The number of ether oxygens (including phenoxy) is 3. The minimum atomic E-state index is -3.94. The van der Waals surface area contributed by atoms with Gasteiger partial charge in [0.2, 0.25) is 10.0 Å². The van der Waals surface area contributed by atoms with E-state index in [1.807, 2.05) is 25.1 Å². The summed E-state index contributed by atoms with van der Waals surface area (Å²) in [6.07, 6.45) is 10.9. The van der Waals surface area contributed by atoms with Crippen LogP contribution in [0.15, 0.2) is 48.6 Å². The van der Waals surface area contributed by atoms with Crippen LogP contribution in [0.3, 0.4) is 0 Å². The Morgan fingerprint density at radius 3 is 2.69 bits per heavy atom. The van der Waals surface area contributed by atoms with E-state index in [0.29, 0.717) is 37.0 Å². The quantitative estimate of drug-likeness (QED) is 0.353. The molecule has 2 bridgehead atoms. The summed E-state index contributed by atoms with van der Waals surface area (Å²) in [7, 11) is -3.94. The Bertz CT molecular complexity index is 1730. The van der Waals surface area contributed by atoms with Crippen LogP contribution in [0.25, 0.3) is 0 Å². The topological polar surface area (TPSA) is 97.4 Å². The van der Waals surface area contributed by atoms with Crippen molar-refractivity contribution in [1.82, 2.24) is 9.62 Å². The number of sulfonamides is 1. The first-order valence-electron chi connectivity index (χ1n) is 19.0. The van der Waals surface area contributed by atoms with Crippen LogP contribution in [0.5, 0.6) is 5.75 Å². The summed E-state index contributed by atoms with van der Waals surface area (Å²) in [5.41, 5.74) is 2.98. The number of carbonyl (C=O) groups excluding carboxylic acids is 1. The minimum absolute atomic E-state index is 0.208. The molecule has 2 aromatic carbocycles. The molecular formula is C40H54ClN3O6S. The molecule has 7 rings (SSSR count). The van der Waals surface area contributed by atoms with Crippen molar-refractivity contribution >= 4 is 33.2 Å². The maximum Gasteiger partial charge on any atom is 0.264 e. The predicted molar refractivity (Wildman–Crippen MR) is 201 cm³/mol. The third-order valence-electron chi connectivity index (χ3n) is 12.7. The van der Waals surface area contributed by atoms with Gasteiger partial charge < -0.3 is 19.1 Å². The van der Waals surface area contributed by atoms with Crippen LogP contribution >= 0.6 is 11.6 Å². The molecule has 0 unspecified atom stereocenters. The number of hydrogen-bond donors (Lipinski definition) is 1. The largest absolute Gasteiger partial charge is 0.490 e. The number of morpholine rings is 1. The van der Waals surface area contributed by atoms with Crippen LogP contribution in [0.2, 0.25) is 5.02 Å². The first-order chi connectivity index (χ1) is 24.5. The normalized spacial score (nSPS) is 33.2. The first kappa shape index (κ1) is 36.7. The van der Waals surface area contributed by atoms with Gasteiger partial charge in [-0.15, -0.1) is 0 Å². The van der Waals surface area contributed by atoms with E-state index < -0.39 is 26.8 Å². The van der Waals surface area contributed by atoms with Gasteiger partial charge in [-0.25, -0.2) is 13.1 Å². The maximum absolute atomic E-state index is 13.6. The van der Waals surface area contributed by atoms with Crippen LogP contribution < -0.4 is 14.4 Å². The van der Waals surface area contributed by atoms with E-state index in [4.69, 9.17) is 25.8 Å². The fourth-order valence-corrected chi connectivity index (χ4v) is 10.7. The molecule has 1 N–H and O–H groups in total. The average molecular weight is 740 g/mol. The third kappa shape index (κ3) is 7.45. The van der Waals surface area contributed by atoms with Gasteiger partial charge in [-0.2, -0.15) is 0 Å². The van der Waals surface area contributed by atoms with E-state index in [2.05, 4.69) is 45.7 Å². The lowest BCUT2D eigenvalue weighted by atomic mass is 9.63. The van der Waals surface area contributed by atoms with Crippen LogP contribution in [0, 0.1) is 17.8 Å². The number of nitrogens with one attached hydrogen (secondary N) is 1. The molecule has 0 aromatic heterocycles. The van der Waals surface area contributed by atoms with E-state index in [1.54, 1.807) is 13.0 Å². The number of allylic oxidation sites excluding steroid dienone is 1. The van der Waals surface area contributed by atoms with Gasteiger partial charge in [0.1, 0.15) is 5.75 Å². The molecule has 1 spiro atoms. The summed E-state index contributed by atoms with van der Waals surface area (Å²) >= 11 is 6.49. The van der Waals surface area contributed by atoms with E-state index in [0.717, 1.165) is 101 Å². The number of hydrogen-bond acceptors (Lipinski definition) is 8. The molecular weight excluding hydrogens is 686 g/mol. The SMILES string of the molecule is CC[C@@]1(OCCN2CCOCC2)/C=C/C[C@H](C)[C@@H](C)S(=O)(=O)NC(=O)c2ccc3c(c2)N(C[C@@H]2CC[C@H]21)C[C@@]1(CCCc2cc(Cl)ccc21)CO3. The number of benzene rings is 2. The molecule has 1 saturated carbocycles. The number of aryl methyl sites for hydroxylation is 1. The second-order valence-corrected chi connectivity index (χ2v) is 18.1. The van der Waals surface area contributed by atoms with Crippen molar-refractivity contribution < 1.29 is 27.4 Å². The van der Waals surface area contributed by atoms with E-state index >= 15 is 0 Å². The van der Waals surface area contributed by atoms with Gasteiger partial charge in [0.25, 0.3) is 5.91 Å². The Kier molecular flexibility index (Phi) is 10.8. The number of halogens is 1. The number of amides is 1. The molecule has 0 radical (unpaired) electrons. The van der Waals surface area contributed by atoms with Gasteiger partial charge in [-0.05, 0) is 111 Å². The van der Waals surface area contributed by atoms with Crippen molar-refractivity contribution in [3.05, 3.63) is 70.3 Å². The fraction of sp³-hybridized carbons (Fsp3) is 0.625. The summed E-state index contributed by atoms with van der Waals surface area (Å²) in [5.74, 6) is 0.544. The smallest absolute Gasteiger partial charge is 0.264 e. The standard InChI is InChI=1S/C40H54ClN3O6S/c1-4-40(50-22-19-43-17-20-48-21-18-43)16-5-7-28(2)29(3)51(46,47)42-38(45)31-10-14-37-36(24-31)44(25-32-9-12-35(32)40)26-39(27-49-37)15-6-8-30-23-33(41)11-13-34(30)39/h5,10-11,13-14,16,23-24,28-29,32,35H,4,6-9,12,15,17-22,25-27H2,1-3H3,(H,42,45)/b16-5+/t28-,29+,32-,35+,39-,40+/m0/s1. The highest BCUT2D eigenvalue weighted by Gasteiger charge is 2.49. The zero-order valence-corrected chi connectivity index (χ0v) is 31.9. The summed E-state index contributed by atoms with van der Waals surface area (Å²) in [6, 6.07) is 11.6. The Hall–Kier alpha value is -2.63. The molecule has 1 amide bonds. The van der Waals surface area contributed by atoms with Crippen LogP contribution in [0.4, 0.5) is 5.69 Å². The van der Waals surface area contributed by atoms with E-state index in [9.17, 15) is 13.2 Å². The van der Waals surface area contributed by atoms with Gasteiger partial charge in [0.05, 0.1) is 43.0 Å². The summed E-state index contributed by atoms with van der Waals surface area (Å²) < 4.78 is 48.8. The van der Waals surface area contributed by atoms with Crippen LogP contribution in [-0.4, -0.2) is 89.2 Å². The number of rotatable bonds is 5. The number of nitrogens with zero attached hydrogens (tertiary/aromatic N) is 2. The van der Waals surface area contributed by atoms with Crippen molar-refractivity contribution in [2.75, 3.05) is 64.1 Å². The zero-order valence-electron chi connectivity index (χ0n) is 30.4. The molecule has 51 heavy (non-hydrogen) atoms. The minimum Gasteiger partial charge on any atom is -0.490 e. The fourth-order valence-electron chi connectivity index (χ4n) is 9.18. The predicted octanol–water partition coefficient (Wildman–Crippen LogP) is 6.38. The molecule has 5 aliphatic rings. The number of fused-ring (bicyclic) bond motifs is 4. The molecule has 2 fully saturated rings. The molecule has 1 saturated heterocycles. The van der Waals surface area contributed by atoms with Gasteiger partial charge in [-0.1, -0.05) is 43.7 Å². The molecule has 278 valence electrons. The summed E-state index contributed by atoms with van der Waals surface area (Å²) in [5, 5.41) is -0.0213. The maximum atomic E-state index is 13.6. The lowest BCUT2D eigenvalue weighted by Crippen LogP contribution is -2.53. The third-order valence-corrected chi connectivity index (χ3v) is 14.8. The Balaban J connectivity index is 1.27. The molecule has 2 aromatic rings. The van der Waals surface area contributed by atoms with Crippen LogP contribution in [0.1, 0.15) is 80.8 Å². The highest BCUT2D eigenvalue weighted by atomic mass is 35.5. The van der Waals surface area contributed by atoms with Gasteiger partial charge in [0.15, 0.2) is 0 Å². The molecule has 6 atom stereocenters. The Morgan fingerprint density at radius 1 is 1.10 bits per heavy atom. The van der Waals surface area contributed by atoms with Crippen molar-refractivity contribution in [3.8, 4) is 5.75 Å². The van der Waals surface area contributed by atoms with Crippen molar-refractivity contribution in [2.45, 2.75) is 82.0 Å². The first-order valence-corrected chi connectivity index (χ1v) is 20.9. The average Bonchev–Trinajstić information content (AvgIpc) is 3.26. The Morgan fingerprint density at radius 2 is 1.92 bits per heavy atom. The number of anilines is 1. The zero-order chi connectivity index (χ0) is 35.8. The summed E-state index contributed by atoms with van der Waals surface area (Å²) in [4.78, 5) is 18.4. The van der Waals surface area contributed by atoms with Gasteiger partial charge >= 0.3 is 0 Å². The molecule has 9 nitrogen and oxygen atoms in total. The molecule has 3 heterocycles. The lowest BCUT2D eigenvalue weighted by molar-refractivity contribution is -0.107.